The molecule has 0 bridgehead atoms. The molecule has 2 aromatic rings. The van der Waals surface area contributed by atoms with Crippen molar-refractivity contribution in [2.45, 2.75) is 13.1 Å². The molecule has 0 spiro atoms. The summed E-state index contributed by atoms with van der Waals surface area (Å²) in [6.45, 7) is 1.48. The van der Waals surface area contributed by atoms with Crippen molar-refractivity contribution in [1.82, 2.24) is 9.78 Å². The predicted octanol–water partition coefficient (Wildman–Crippen LogP) is 3.72. The quantitative estimate of drug-likeness (QED) is 0.810. The molecule has 112 valence electrons. The summed E-state index contributed by atoms with van der Waals surface area (Å²) in [6.07, 6.45) is -3.76. The second-order valence-electron chi connectivity index (χ2n) is 4.03. The van der Waals surface area contributed by atoms with Crippen molar-refractivity contribution in [3.8, 4) is 5.69 Å². The van der Waals surface area contributed by atoms with Gasteiger partial charge < -0.3 is 4.74 Å². The molecule has 0 amide bonds. The Morgan fingerprint density at radius 2 is 1.95 bits per heavy atom. The summed E-state index contributed by atoms with van der Waals surface area (Å²) in [6, 6.07) is 6.00. The molecule has 0 fully saturated rings. The van der Waals surface area contributed by atoms with Crippen LogP contribution in [0.2, 0.25) is 5.02 Å². The van der Waals surface area contributed by atoms with Gasteiger partial charge in [0.2, 0.25) is 0 Å². The van der Waals surface area contributed by atoms with E-state index < -0.39 is 23.4 Å². The fraction of sp³-hybridized carbons (Fsp3) is 0.231. The number of carbonyl (C=O) groups excluding carboxylic acids is 1. The Kier molecular flexibility index (Phi) is 4.22. The van der Waals surface area contributed by atoms with Gasteiger partial charge in [0.25, 0.3) is 0 Å². The van der Waals surface area contributed by atoms with Crippen LogP contribution in [0, 0.1) is 0 Å². The summed E-state index contributed by atoms with van der Waals surface area (Å²) in [5.41, 5.74) is -1.56. The van der Waals surface area contributed by atoms with Crippen LogP contribution in [0.25, 0.3) is 5.69 Å². The molecule has 0 saturated heterocycles. The molecule has 0 radical (unpaired) electrons. The highest BCUT2D eigenvalue weighted by Crippen LogP contribution is 2.31. The molecule has 1 heterocycles. The van der Waals surface area contributed by atoms with Crippen LogP contribution >= 0.6 is 11.6 Å². The zero-order valence-corrected chi connectivity index (χ0v) is 11.6. The molecule has 1 aromatic heterocycles. The minimum atomic E-state index is -4.75. The van der Waals surface area contributed by atoms with Crippen LogP contribution in [-0.2, 0) is 10.9 Å². The van der Waals surface area contributed by atoms with Gasteiger partial charge in [-0.1, -0.05) is 11.6 Å². The molecule has 2 rings (SSSR count). The molecule has 0 N–H and O–H groups in total. The van der Waals surface area contributed by atoms with Gasteiger partial charge in [-0.25, -0.2) is 9.48 Å². The van der Waals surface area contributed by atoms with E-state index in [0.29, 0.717) is 10.7 Å². The smallest absolute Gasteiger partial charge is 0.436 e. The van der Waals surface area contributed by atoms with E-state index in [-0.39, 0.29) is 6.61 Å². The highest BCUT2D eigenvalue weighted by atomic mass is 35.5. The van der Waals surface area contributed by atoms with Crippen LogP contribution in [0.3, 0.4) is 0 Å². The fourth-order valence-electron chi connectivity index (χ4n) is 1.67. The van der Waals surface area contributed by atoms with Gasteiger partial charge in [-0.15, -0.1) is 0 Å². The number of esters is 1. The standard InChI is InChI=1S/C13H10ClF3N2O2/c1-2-21-12(20)10-7-19(18-11(10)13(15,16)17)9-5-3-8(14)4-6-9/h3-7H,2H2,1H3. The van der Waals surface area contributed by atoms with Crippen LogP contribution in [-0.4, -0.2) is 22.4 Å². The van der Waals surface area contributed by atoms with Crippen molar-refractivity contribution >= 4 is 17.6 Å². The lowest BCUT2D eigenvalue weighted by atomic mass is 10.2. The van der Waals surface area contributed by atoms with Crippen molar-refractivity contribution in [2.75, 3.05) is 6.61 Å². The number of alkyl halides is 3. The normalized spacial score (nSPS) is 11.5. The van der Waals surface area contributed by atoms with Gasteiger partial charge in [-0.2, -0.15) is 18.3 Å². The maximum Gasteiger partial charge on any atom is 0.436 e. The number of nitrogens with zero attached hydrogens (tertiary/aromatic N) is 2. The van der Waals surface area contributed by atoms with Crippen molar-refractivity contribution in [1.29, 1.82) is 0 Å². The van der Waals surface area contributed by atoms with Crippen molar-refractivity contribution < 1.29 is 22.7 Å². The molecule has 0 unspecified atom stereocenters. The Morgan fingerprint density at radius 1 is 1.33 bits per heavy atom. The number of benzene rings is 1. The third-order valence-corrected chi connectivity index (χ3v) is 2.82. The molecular formula is C13H10ClF3N2O2. The average Bonchev–Trinajstić information content (AvgIpc) is 2.85. The second kappa shape index (κ2) is 5.77. The Labute approximate surface area is 123 Å². The number of hydrogen-bond acceptors (Lipinski definition) is 3. The maximum absolute atomic E-state index is 12.9. The van der Waals surface area contributed by atoms with Crippen LogP contribution in [0.15, 0.2) is 30.5 Å². The number of halogens is 4. The SMILES string of the molecule is CCOC(=O)c1cn(-c2ccc(Cl)cc2)nc1C(F)(F)F. The monoisotopic (exact) mass is 318 g/mol. The second-order valence-corrected chi connectivity index (χ2v) is 4.47. The molecule has 21 heavy (non-hydrogen) atoms. The molecule has 0 atom stereocenters. The summed E-state index contributed by atoms with van der Waals surface area (Å²) >= 11 is 5.72. The van der Waals surface area contributed by atoms with E-state index in [4.69, 9.17) is 11.6 Å². The third kappa shape index (κ3) is 3.36. The van der Waals surface area contributed by atoms with Crippen molar-refractivity contribution in [3.63, 3.8) is 0 Å². The number of carbonyl (C=O) groups is 1. The summed E-state index contributed by atoms with van der Waals surface area (Å²) in [4.78, 5) is 11.6. The van der Waals surface area contributed by atoms with Gasteiger partial charge in [-0.3, -0.25) is 0 Å². The summed E-state index contributed by atoms with van der Waals surface area (Å²) in [7, 11) is 0. The zero-order valence-electron chi connectivity index (χ0n) is 10.8. The first-order valence-corrected chi connectivity index (χ1v) is 6.30. The van der Waals surface area contributed by atoms with E-state index in [1.165, 1.54) is 31.2 Å². The minimum Gasteiger partial charge on any atom is -0.462 e. The number of ether oxygens (including phenoxy) is 1. The molecular weight excluding hydrogens is 309 g/mol. The minimum absolute atomic E-state index is 0.0255. The Morgan fingerprint density at radius 3 is 2.48 bits per heavy atom. The Hall–Kier alpha value is -2.02. The maximum atomic E-state index is 12.9. The molecule has 0 saturated carbocycles. The van der Waals surface area contributed by atoms with Gasteiger partial charge in [-0.05, 0) is 31.2 Å². The van der Waals surface area contributed by atoms with Gasteiger partial charge in [0, 0.05) is 11.2 Å². The van der Waals surface area contributed by atoms with Gasteiger partial charge in [0.15, 0.2) is 5.69 Å². The van der Waals surface area contributed by atoms with Gasteiger partial charge >= 0.3 is 12.1 Å². The highest BCUT2D eigenvalue weighted by molar-refractivity contribution is 6.30. The lowest BCUT2D eigenvalue weighted by Crippen LogP contribution is -2.14. The van der Waals surface area contributed by atoms with Crippen molar-refractivity contribution in [3.05, 3.63) is 46.7 Å². The van der Waals surface area contributed by atoms with E-state index in [1.54, 1.807) is 0 Å². The van der Waals surface area contributed by atoms with E-state index in [0.717, 1.165) is 10.9 Å². The fourth-order valence-corrected chi connectivity index (χ4v) is 1.79. The van der Waals surface area contributed by atoms with Gasteiger partial charge in [0.05, 0.1) is 12.3 Å². The summed E-state index contributed by atoms with van der Waals surface area (Å²) in [5.74, 6) is -1.06. The first kappa shape index (κ1) is 15.4. The molecule has 0 aliphatic carbocycles. The Bertz CT molecular complexity index is 650. The van der Waals surface area contributed by atoms with Gasteiger partial charge in [0.1, 0.15) is 5.56 Å². The highest BCUT2D eigenvalue weighted by Gasteiger charge is 2.39. The Balaban J connectivity index is 2.50. The number of aromatic nitrogens is 2. The molecule has 1 aromatic carbocycles. The number of rotatable bonds is 3. The lowest BCUT2D eigenvalue weighted by Gasteiger charge is -2.05. The molecule has 0 aliphatic heterocycles. The topological polar surface area (TPSA) is 44.1 Å². The van der Waals surface area contributed by atoms with Crippen molar-refractivity contribution in [2.24, 2.45) is 0 Å². The molecule has 0 aliphatic rings. The first-order valence-electron chi connectivity index (χ1n) is 5.93. The van der Waals surface area contributed by atoms with Crippen LogP contribution in [0.4, 0.5) is 13.2 Å². The first-order chi connectivity index (χ1) is 9.82. The van der Waals surface area contributed by atoms with E-state index in [9.17, 15) is 18.0 Å². The zero-order chi connectivity index (χ0) is 15.6. The van der Waals surface area contributed by atoms with E-state index in [1.807, 2.05) is 0 Å². The predicted molar refractivity (Wildman–Crippen MR) is 69.5 cm³/mol. The summed E-state index contributed by atoms with van der Waals surface area (Å²) < 4.78 is 44.4. The molecule has 4 nitrogen and oxygen atoms in total. The molecule has 8 heteroatoms. The third-order valence-electron chi connectivity index (χ3n) is 2.57. The van der Waals surface area contributed by atoms with E-state index >= 15 is 0 Å². The van der Waals surface area contributed by atoms with Crippen LogP contribution < -0.4 is 0 Å². The van der Waals surface area contributed by atoms with E-state index in [2.05, 4.69) is 9.84 Å². The summed E-state index contributed by atoms with van der Waals surface area (Å²) in [5, 5.41) is 3.87. The lowest BCUT2D eigenvalue weighted by molar-refractivity contribution is -0.141. The number of hydrogen-bond donors (Lipinski definition) is 0. The van der Waals surface area contributed by atoms with Crippen LogP contribution in [0.1, 0.15) is 23.0 Å². The van der Waals surface area contributed by atoms with Crippen LogP contribution in [0.5, 0.6) is 0 Å². The average molecular weight is 319 g/mol. The largest absolute Gasteiger partial charge is 0.462 e.